The standard InChI is InChI=1S/C27H39NO5S/c1-8-26(31,9-2)17-33-21-13-12-20(14-18(21)5)27(10-3,11-4)22-15-19(6)24(34-22)25(30)28-16-23(29)32-7/h12-15,31H,8-11,16-17H2,1-7H3,(H,28,30). The third kappa shape index (κ3) is 5.99. The molecule has 1 aromatic heterocycles. The van der Waals surface area contributed by atoms with E-state index >= 15 is 0 Å². The van der Waals surface area contributed by atoms with Crippen LogP contribution in [-0.2, 0) is 14.9 Å². The molecule has 0 aliphatic heterocycles. The lowest BCUT2D eigenvalue weighted by atomic mass is 9.74. The second kappa shape index (κ2) is 11.8. The van der Waals surface area contributed by atoms with Gasteiger partial charge in [0.25, 0.3) is 5.91 Å². The Kier molecular flexibility index (Phi) is 9.71. The zero-order valence-electron chi connectivity index (χ0n) is 21.5. The first-order chi connectivity index (χ1) is 16.1. The van der Waals surface area contributed by atoms with Gasteiger partial charge in [-0.2, -0.15) is 0 Å². The number of thiophene rings is 1. The van der Waals surface area contributed by atoms with Crippen LogP contribution in [0.15, 0.2) is 24.3 Å². The Morgan fingerprint density at radius 3 is 2.18 bits per heavy atom. The van der Waals surface area contributed by atoms with Gasteiger partial charge in [0.1, 0.15) is 18.9 Å². The molecule has 1 aromatic carbocycles. The molecule has 0 atom stereocenters. The number of hydrogen-bond donors (Lipinski definition) is 2. The summed E-state index contributed by atoms with van der Waals surface area (Å²) in [6.45, 7) is 12.3. The van der Waals surface area contributed by atoms with E-state index < -0.39 is 11.6 Å². The number of aryl methyl sites for hydroxylation is 2. The molecule has 7 heteroatoms. The van der Waals surface area contributed by atoms with Crippen molar-refractivity contribution in [2.45, 2.75) is 78.2 Å². The predicted octanol–water partition coefficient (Wildman–Crippen LogP) is 5.30. The van der Waals surface area contributed by atoms with Crippen LogP contribution < -0.4 is 10.1 Å². The van der Waals surface area contributed by atoms with Crippen molar-refractivity contribution in [3.05, 3.63) is 50.7 Å². The smallest absolute Gasteiger partial charge is 0.325 e. The van der Waals surface area contributed by atoms with Crippen LogP contribution in [0.5, 0.6) is 5.75 Å². The number of aliphatic hydroxyl groups is 1. The lowest BCUT2D eigenvalue weighted by molar-refractivity contribution is -0.139. The fourth-order valence-electron chi connectivity index (χ4n) is 4.17. The van der Waals surface area contributed by atoms with Gasteiger partial charge in [0.05, 0.1) is 17.6 Å². The van der Waals surface area contributed by atoms with Crippen molar-refractivity contribution in [2.75, 3.05) is 20.3 Å². The van der Waals surface area contributed by atoms with E-state index in [1.807, 2.05) is 33.8 Å². The third-order valence-corrected chi connectivity index (χ3v) is 8.40. The lowest BCUT2D eigenvalue weighted by Crippen LogP contribution is -2.34. The quantitative estimate of drug-likeness (QED) is 0.395. The van der Waals surface area contributed by atoms with Gasteiger partial charge in [0.15, 0.2) is 0 Å². The summed E-state index contributed by atoms with van der Waals surface area (Å²) >= 11 is 1.48. The maximum Gasteiger partial charge on any atom is 0.325 e. The van der Waals surface area contributed by atoms with Gasteiger partial charge in [-0.15, -0.1) is 11.3 Å². The largest absolute Gasteiger partial charge is 0.490 e. The van der Waals surface area contributed by atoms with Gasteiger partial charge in [0.2, 0.25) is 0 Å². The lowest BCUT2D eigenvalue weighted by Gasteiger charge is -2.32. The van der Waals surface area contributed by atoms with Gasteiger partial charge in [-0.05, 0) is 68.4 Å². The summed E-state index contributed by atoms with van der Waals surface area (Å²) in [5, 5.41) is 13.2. The van der Waals surface area contributed by atoms with E-state index in [1.54, 1.807) is 0 Å². The number of amides is 1. The highest BCUT2D eigenvalue weighted by Crippen LogP contribution is 2.44. The molecule has 0 bridgehead atoms. The zero-order valence-corrected chi connectivity index (χ0v) is 22.4. The van der Waals surface area contributed by atoms with E-state index in [9.17, 15) is 14.7 Å². The summed E-state index contributed by atoms with van der Waals surface area (Å²) < 4.78 is 10.6. The van der Waals surface area contributed by atoms with Crippen molar-refractivity contribution >= 4 is 23.2 Å². The minimum Gasteiger partial charge on any atom is -0.490 e. The Balaban J connectivity index is 2.35. The number of esters is 1. The van der Waals surface area contributed by atoms with Crippen molar-refractivity contribution in [1.82, 2.24) is 5.32 Å². The summed E-state index contributed by atoms with van der Waals surface area (Å²) in [6.07, 6.45) is 3.03. The first-order valence-corrected chi connectivity index (χ1v) is 12.8. The molecule has 1 amide bonds. The molecule has 0 spiro atoms. The zero-order chi connectivity index (χ0) is 25.5. The van der Waals surface area contributed by atoms with Gasteiger partial charge in [0, 0.05) is 10.3 Å². The van der Waals surface area contributed by atoms with Crippen LogP contribution in [0.25, 0.3) is 0 Å². The maximum absolute atomic E-state index is 12.7. The van der Waals surface area contributed by atoms with Gasteiger partial charge in [-0.3, -0.25) is 9.59 Å². The van der Waals surface area contributed by atoms with E-state index in [2.05, 4.69) is 42.1 Å². The van der Waals surface area contributed by atoms with E-state index in [1.165, 1.54) is 24.0 Å². The summed E-state index contributed by atoms with van der Waals surface area (Å²) in [7, 11) is 1.30. The van der Waals surface area contributed by atoms with E-state index in [0.29, 0.717) is 17.7 Å². The molecule has 0 aliphatic carbocycles. The minimum absolute atomic E-state index is 0.152. The average molecular weight is 490 g/mol. The summed E-state index contributed by atoms with van der Waals surface area (Å²) in [6, 6.07) is 8.33. The minimum atomic E-state index is -0.818. The topological polar surface area (TPSA) is 84.9 Å². The van der Waals surface area contributed by atoms with Crippen LogP contribution in [0.2, 0.25) is 0 Å². The Labute approximate surface area is 207 Å². The molecule has 2 rings (SSSR count). The third-order valence-electron chi connectivity index (χ3n) is 6.96. The predicted molar refractivity (Wildman–Crippen MR) is 137 cm³/mol. The van der Waals surface area contributed by atoms with Crippen LogP contribution in [0.4, 0.5) is 0 Å². The first kappa shape index (κ1) is 27.9. The second-order valence-corrected chi connectivity index (χ2v) is 9.92. The van der Waals surface area contributed by atoms with Crippen molar-refractivity contribution in [3.63, 3.8) is 0 Å². The number of benzene rings is 1. The molecule has 1 heterocycles. The van der Waals surface area contributed by atoms with Gasteiger partial charge in [-0.25, -0.2) is 0 Å². The molecule has 0 radical (unpaired) electrons. The highest BCUT2D eigenvalue weighted by molar-refractivity contribution is 7.14. The fourth-order valence-corrected chi connectivity index (χ4v) is 5.61. The molecule has 0 fully saturated rings. The van der Waals surface area contributed by atoms with Crippen LogP contribution in [-0.4, -0.2) is 42.8 Å². The SMILES string of the molecule is CCC(O)(CC)COc1ccc(C(CC)(CC)c2cc(C)c(C(=O)NCC(=O)OC)s2)cc1C. The molecule has 2 aromatic rings. The second-order valence-electron chi connectivity index (χ2n) is 8.87. The number of carbonyl (C=O) groups excluding carboxylic acids is 2. The molecule has 6 nitrogen and oxygen atoms in total. The molecule has 0 unspecified atom stereocenters. The number of rotatable bonds is 12. The van der Waals surface area contributed by atoms with E-state index in [4.69, 9.17) is 4.74 Å². The summed E-state index contributed by atoms with van der Waals surface area (Å²) in [4.78, 5) is 25.8. The van der Waals surface area contributed by atoms with Crippen LogP contribution in [0, 0.1) is 13.8 Å². The number of ether oxygens (including phenoxy) is 2. The van der Waals surface area contributed by atoms with Crippen LogP contribution in [0.1, 0.15) is 84.6 Å². The molecule has 0 saturated carbocycles. The Morgan fingerprint density at radius 2 is 1.65 bits per heavy atom. The normalized spacial score (nSPS) is 11.9. The Morgan fingerprint density at radius 1 is 1.00 bits per heavy atom. The van der Waals surface area contributed by atoms with Crippen LogP contribution in [0.3, 0.4) is 0 Å². The van der Waals surface area contributed by atoms with Crippen molar-refractivity contribution < 1.29 is 24.2 Å². The van der Waals surface area contributed by atoms with Gasteiger partial charge < -0.3 is 19.9 Å². The number of nitrogens with one attached hydrogen (secondary N) is 1. The Bertz CT molecular complexity index is 989. The molecular formula is C27H39NO5S. The molecule has 0 aliphatic rings. The molecule has 2 N–H and O–H groups in total. The fraction of sp³-hybridized carbons (Fsp3) is 0.556. The van der Waals surface area contributed by atoms with Gasteiger partial charge in [-0.1, -0.05) is 39.8 Å². The molecule has 34 heavy (non-hydrogen) atoms. The van der Waals surface area contributed by atoms with E-state index in [-0.39, 0.29) is 24.5 Å². The van der Waals surface area contributed by atoms with Crippen molar-refractivity contribution in [2.24, 2.45) is 0 Å². The van der Waals surface area contributed by atoms with E-state index in [0.717, 1.165) is 34.6 Å². The highest BCUT2D eigenvalue weighted by Gasteiger charge is 2.34. The molecule has 0 saturated heterocycles. The van der Waals surface area contributed by atoms with Crippen molar-refractivity contribution in [3.8, 4) is 5.75 Å². The summed E-state index contributed by atoms with van der Waals surface area (Å²) in [5.74, 6) is 0.0308. The highest BCUT2D eigenvalue weighted by atomic mass is 32.1. The number of hydrogen-bond acceptors (Lipinski definition) is 6. The summed E-state index contributed by atoms with van der Waals surface area (Å²) in [5.41, 5.74) is 2.02. The Hall–Kier alpha value is -2.38. The number of carbonyl (C=O) groups is 2. The van der Waals surface area contributed by atoms with Crippen LogP contribution >= 0.6 is 11.3 Å². The monoisotopic (exact) mass is 489 g/mol. The van der Waals surface area contributed by atoms with Crippen molar-refractivity contribution in [1.29, 1.82) is 0 Å². The average Bonchev–Trinajstić information content (AvgIpc) is 3.24. The van der Waals surface area contributed by atoms with Gasteiger partial charge >= 0.3 is 5.97 Å². The maximum atomic E-state index is 12.7. The molecule has 188 valence electrons. The number of methoxy groups -OCH3 is 1. The molecular weight excluding hydrogens is 450 g/mol. The first-order valence-electron chi connectivity index (χ1n) is 12.0.